The van der Waals surface area contributed by atoms with E-state index in [9.17, 15) is 24.3 Å². The van der Waals surface area contributed by atoms with Crippen LogP contribution in [0.4, 0.5) is 9.59 Å². The Kier molecular flexibility index (Phi) is 8.18. The Balaban J connectivity index is 1.48. The molecule has 216 valence electrons. The second-order valence-corrected chi connectivity index (χ2v) is 11.4. The predicted molar refractivity (Wildman–Crippen MR) is 149 cm³/mol. The number of nitrogens with one attached hydrogen (secondary N) is 2. The molecule has 4 rings (SSSR count). The zero-order chi connectivity index (χ0) is 29.9. The lowest BCUT2D eigenvalue weighted by molar-refractivity contribution is -0.146. The molecule has 0 fully saturated rings. The van der Waals surface area contributed by atoms with Crippen molar-refractivity contribution in [3.05, 3.63) is 77.9 Å². The van der Waals surface area contributed by atoms with Gasteiger partial charge in [-0.1, -0.05) is 48.5 Å². The molecule has 0 aliphatic heterocycles. The normalized spacial score (nSPS) is 13.5. The van der Waals surface area contributed by atoms with Crippen molar-refractivity contribution in [2.75, 3.05) is 6.61 Å². The number of carboxylic acid groups (broad SMARTS) is 1. The van der Waals surface area contributed by atoms with Crippen molar-refractivity contribution in [1.29, 1.82) is 0 Å². The summed E-state index contributed by atoms with van der Waals surface area (Å²) < 4.78 is 12.0. The number of carboxylic acids is 1. The Hall–Kier alpha value is -4.67. The van der Waals surface area contributed by atoms with E-state index in [4.69, 9.17) is 9.47 Å². The summed E-state index contributed by atoms with van der Waals surface area (Å²) in [4.78, 5) is 54.3. The lowest BCUT2D eigenvalue weighted by Gasteiger charge is -2.25. The first-order valence-corrected chi connectivity index (χ1v) is 13.2. The van der Waals surface area contributed by atoms with Crippen LogP contribution in [0.1, 0.15) is 57.4 Å². The molecule has 0 bridgehead atoms. The first-order chi connectivity index (χ1) is 19.2. The maximum atomic E-state index is 13.1. The SMILES string of the molecule is CC(C)(C)OC(=O)n1cnc(C[C@H](NC(=O)OCC2c3ccccc3-c3ccccc32)C(=O)NC(C)(C)C(=O)O)c1. The van der Waals surface area contributed by atoms with Gasteiger partial charge in [-0.25, -0.2) is 23.9 Å². The van der Waals surface area contributed by atoms with Crippen molar-refractivity contribution in [2.24, 2.45) is 0 Å². The molecule has 0 saturated carbocycles. The molecule has 0 unspecified atom stereocenters. The second kappa shape index (κ2) is 11.4. The molecule has 0 saturated heterocycles. The molecule has 3 N–H and O–H groups in total. The highest BCUT2D eigenvalue weighted by Gasteiger charge is 2.34. The lowest BCUT2D eigenvalue weighted by Crippen LogP contribution is -2.57. The van der Waals surface area contributed by atoms with Crippen LogP contribution >= 0.6 is 0 Å². The first-order valence-electron chi connectivity index (χ1n) is 13.2. The van der Waals surface area contributed by atoms with Crippen LogP contribution in [0.2, 0.25) is 0 Å². The van der Waals surface area contributed by atoms with Crippen LogP contribution in [-0.2, 0) is 25.5 Å². The Bertz CT molecular complexity index is 1430. The maximum absolute atomic E-state index is 13.1. The minimum atomic E-state index is -1.60. The molecule has 11 nitrogen and oxygen atoms in total. The zero-order valence-electron chi connectivity index (χ0n) is 23.6. The van der Waals surface area contributed by atoms with E-state index in [1.807, 2.05) is 48.5 Å². The molecule has 0 radical (unpaired) electrons. The largest absolute Gasteiger partial charge is 0.480 e. The van der Waals surface area contributed by atoms with Gasteiger partial charge in [0.2, 0.25) is 5.91 Å². The molecule has 3 aromatic rings. The van der Waals surface area contributed by atoms with Gasteiger partial charge < -0.3 is 25.2 Å². The highest BCUT2D eigenvalue weighted by molar-refractivity contribution is 5.91. The fourth-order valence-corrected chi connectivity index (χ4v) is 4.53. The molecule has 2 amide bonds. The van der Waals surface area contributed by atoms with Crippen molar-refractivity contribution in [3.8, 4) is 11.1 Å². The average molecular weight is 563 g/mol. The third-order valence-corrected chi connectivity index (χ3v) is 6.58. The second-order valence-electron chi connectivity index (χ2n) is 11.4. The number of alkyl carbamates (subject to hydrolysis) is 1. The predicted octanol–water partition coefficient (Wildman–Crippen LogP) is 4.10. The van der Waals surface area contributed by atoms with Gasteiger partial charge in [0, 0.05) is 18.5 Å². The van der Waals surface area contributed by atoms with E-state index < -0.39 is 41.2 Å². The van der Waals surface area contributed by atoms with Crippen molar-refractivity contribution in [2.45, 2.75) is 64.1 Å². The van der Waals surface area contributed by atoms with Gasteiger partial charge in [0.1, 0.15) is 30.1 Å². The third-order valence-electron chi connectivity index (χ3n) is 6.58. The third kappa shape index (κ3) is 6.92. The molecule has 1 aliphatic carbocycles. The smallest absolute Gasteiger partial charge is 0.419 e. The number of hydrogen-bond donors (Lipinski definition) is 3. The summed E-state index contributed by atoms with van der Waals surface area (Å²) in [7, 11) is 0. The first kappa shape index (κ1) is 29.3. The van der Waals surface area contributed by atoms with Gasteiger partial charge in [-0.3, -0.25) is 4.79 Å². The van der Waals surface area contributed by atoms with E-state index in [0.717, 1.165) is 26.8 Å². The minimum Gasteiger partial charge on any atom is -0.480 e. The van der Waals surface area contributed by atoms with E-state index in [0.29, 0.717) is 5.69 Å². The van der Waals surface area contributed by atoms with Gasteiger partial charge in [-0.05, 0) is 56.9 Å². The van der Waals surface area contributed by atoms with Crippen molar-refractivity contribution < 1.29 is 33.8 Å². The highest BCUT2D eigenvalue weighted by atomic mass is 16.6. The van der Waals surface area contributed by atoms with Crippen LogP contribution < -0.4 is 10.6 Å². The van der Waals surface area contributed by atoms with Crippen LogP contribution in [0.3, 0.4) is 0 Å². The molecule has 1 aromatic heterocycles. The van der Waals surface area contributed by atoms with Gasteiger partial charge in [0.15, 0.2) is 0 Å². The summed E-state index contributed by atoms with van der Waals surface area (Å²) in [6.07, 6.45) is 0.977. The molecule has 1 atom stereocenters. The average Bonchev–Trinajstić information content (AvgIpc) is 3.49. The van der Waals surface area contributed by atoms with Crippen LogP contribution in [0.25, 0.3) is 11.1 Å². The number of ether oxygens (including phenoxy) is 2. The number of benzene rings is 2. The Morgan fingerprint density at radius 1 is 0.976 bits per heavy atom. The van der Waals surface area contributed by atoms with Crippen molar-refractivity contribution >= 4 is 24.1 Å². The maximum Gasteiger partial charge on any atom is 0.419 e. The summed E-state index contributed by atoms with van der Waals surface area (Å²) in [6.45, 7) is 7.87. The number of amides is 2. The van der Waals surface area contributed by atoms with E-state index in [1.54, 1.807) is 20.8 Å². The Morgan fingerprint density at radius 2 is 1.56 bits per heavy atom. The van der Waals surface area contributed by atoms with Crippen LogP contribution in [-0.4, -0.2) is 62.5 Å². The number of carbonyl (C=O) groups is 4. The Labute approximate surface area is 237 Å². The van der Waals surface area contributed by atoms with Crippen LogP contribution in [0, 0.1) is 0 Å². The number of aromatic nitrogens is 2. The molecule has 11 heteroatoms. The summed E-state index contributed by atoms with van der Waals surface area (Å²) in [5.74, 6) is -2.19. The molecule has 1 heterocycles. The van der Waals surface area contributed by atoms with E-state index >= 15 is 0 Å². The van der Waals surface area contributed by atoms with E-state index in [1.165, 1.54) is 26.4 Å². The zero-order valence-corrected chi connectivity index (χ0v) is 23.6. The summed E-state index contributed by atoms with van der Waals surface area (Å²) in [5, 5.41) is 14.4. The topological polar surface area (TPSA) is 149 Å². The molecule has 1 aliphatic rings. The number of aliphatic carboxylic acids is 1. The molecule has 2 aromatic carbocycles. The monoisotopic (exact) mass is 562 g/mol. The van der Waals surface area contributed by atoms with Gasteiger partial charge in [-0.15, -0.1) is 0 Å². The van der Waals surface area contributed by atoms with Gasteiger partial charge >= 0.3 is 18.2 Å². The van der Waals surface area contributed by atoms with Crippen LogP contribution in [0.5, 0.6) is 0 Å². The standard InChI is InChI=1S/C30H34N4O7/c1-29(2,3)41-28(39)34-15-18(31-17-34)14-24(25(35)33-30(4,5)26(36)37)32-27(38)40-16-23-21-12-8-6-10-19(21)20-11-7-9-13-22(20)23/h6-13,15,17,23-24H,14,16H2,1-5H3,(H,32,38)(H,33,35)(H,36,37)/t24-/m0/s1. The number of hydrogen-bond acceptors (Lipinski definition) is 7. The number of imidazole rings is 1. The number of fused-ring (bicyclic) bond motifs is 3. The summed E-state index contributed by atoms with van der Waals surface area (Å²) in [6, 6.07) is 14.6. The lowest BCUT2D eigenvalue weighted by atomic mass is 9.98. The molecular weight excluding hydrogens is 528 g/mol. The number of carbonyl (C=O) groups excluding carboxylic acids is 3. The molecule has 41 heavy (non-hydrogen) atoms. The summed E-state index contributed by atoms with van der Waals surface area (Å²) in [5.41, 5.74) is 2.18. The minimum absolute atomic E-state index is 0.0299. The molecular formula is C30H34N4O7. The van der Waals surface area contributed by atoms with E-state index in [2.05, 4.69) is 15.6 Å². The fraction of sp³-hybridized carbons (Fsp3) is 0.367. The fourth-order valence-electron chi connectivity index (χ4n) is 4.53. The summed E-state index contributed by atoms with van der Waals surface area (Å²) >= 11 is 0. The number of nitrogens with zero attached hydrogens (tertiary/aromatic N) is 2. The van der Waals surface area contributed by atoms with Crippen molar-refractivity contribution in [1.82, 2.24) is 20.2 Å². The Morgan fingerprint density at radius 3 is 2.12 bits per heavy atom. The van der Waals surface area contributed by atoms with E-state index in [-0.39, 0.29) is 18.9 Å². The van der Waals surface area contributed by atoms with Gasteiger partial charge in [0.05, 0.1) is 5.69 Å². The van der Waals surface area contributed by atoms with Crippen molar-refractivity contribution in [3.63, 3.8) is 0 Å². The van der Waals surface area contributed by atoms with Crippen LogP contribution in [0.15, 0.2) is 61.1 Å². The highest BCUT2D eigenvalue weighted by Crippen LogP contribution is 2.44. The number of rotatable bonds is 8. The quantitative estimate of drug-likeness (QED) is 0.372. The van der Waals surface area contributed by atoms with Gasteiger partial charge in [0.25, 0.3) is 0 Å². The van der Waals surface area contributed by atoms with Gasteiger partial charge in [-0.2, -0.15) is 0 Å². The molecule has 0 spiro atoms.